The summed E-state index contributed by atoms with van der Waals surface area (Å²) >= 11 is 0. The first-order valence-corrected chi connectivity index (χ1v) is 7.68. The lowest BCUT2D eigenvalue weighted by molar-refractivity contribution is -0.148. The van der Waals surface area contributed by atoms with Crippen molar-refractivity contribution < 1.29 is 19.4 Å². The highest BCUT2D eigenvalue weighted by Gasteiger charge is 2.42. The van der Waals surface area contributed by atoms with Crippen LogP contribution in [0, 0.1) is 0 Å². The Hall–Kier alpha value is -1.34. The van der Waals surface area contributed by atoms with Gasteiger partial charge in [0.15, 0.2) is 0 Å². The molecule has 0 aliphatic carbocycles. The molecule has 2 saturated heterocycles. The van der Waals surface area contributed by atoms with E-state index in [-0.39, 0.29) is 6.03 Å². The van der Waals surface area contributed by atoms with E-state index in [1.165, 1.54) is 0 Å². The van der Waals surface area contributed by atoms with E-state index in [2.05, 4.69) is 17.1 Å². The Balaban J connectivity index is 1.90. The summed E-state index contributed by atoms with van der Waals surface area (Å²) in [6.07, 6.45) is 1.75. The molecule has 2 N–H and O–H groups in total. The molecule has 0 aromatic heterocycles. The van der Waals surface area contributed by atoms with Gasteiger partial charge in [0.2, 0.25) is 0 Å². The van der Waals surface area contributed by atoms with E-state index in [0.717, 1.165) is 26.1 Å². The molecule has 21 heavy (non-hydrogen) atoms. The maximum absolute atomic E-state index is 12.3. The molecule has 120 valence electrons. The van der Waals surface area contributed by atoms with Crippen LogP contribution in [-0.4, -0.2) is 78.4 Å². The van der Waals surface area contributed by atoms with E-state index < -0.39 is 11.5 Å². The molecule has 2 fully saturated rings. The number of hydrogen-bond donors (Lipinski definition) is 2. The molecular formula is C14H25N3O4. The number of rotatable bonds is 4. The zero-order valence-electron chi connectivity index (χ0n) is 12.6. The van der Waals surface area contributed by atoms with Gasteiger partial charge in [-0.05, 0) is 13.0 Å². The van der Waals surface area contributed by atoms with Crippen molar-refractivity contribution in [3.05, 3.63) is 0 Å². The summed E-state index contributed by atoms with van der Waals surface area (Å²) in [7, 11) is 0. The van der Waals surface area contributed by atoms with Crippen LogP contribution in [0.25, 0.3) is 0 Å². The fraction of sp³-hybridized carbons (Fsp3) is 0.857. The summed E-state index contributed by atoms with van der Waals surface area (Å²) < 4.78 is 5.21. The van der Waals surface area contributed by atoms with E-state index >= 15 is 0 Å². The number of carbonyl (C=O) groups excluding carboxylic acids is 1. The predicted molar refractivity (Wildman–Crippen MR) is 77.3 cm³/mol. The zero-order valence-corrected chi connectivity index (χ0v) is 12.6. The van der Waals surface area contributed by atoms with Crippen molar-refractivity contribution in [3.8, 4) is 0 Å². The van der Waals surface area contributed by atoms with Gasteiger partial charge in [0.25, 0.3) is 0 Å². The number of ether oxygens (including phenoxy) is 1. The summed E-state index contributed by atoms with van der Waals surface area (Å²) in [6.45, 7) is 6.94. The number of carboxylic acids is 1. The van der Waals surface area contributed by atoms with Crippen LogP contribution in [0.4, 0.5) is 4.79 Å². The molecule has 2 aliphatic heterocycles. The maximum Gasteiger partial charge on any atom is 0.329 e. The largest absolute Gasteiger partial charge is 0.480 e. The molecule has 0 atom stereocenters. The highest BCUT2D eigenvalue weighted by atomic mass is 16.5. The van der Waals surface area contributed by atoms with Crippen molar-refractivity contribution in [2.24, 2.45) is 0 Å². The highest BCUT2D eigenvalue weighted by molar-refractivity contribution is 5.86. The molecular weight excluding hydrogens is 274 g/mol. The van der Waals surface area contributed by atoms with E-state index in [4.69, 9.17) is 4.74 Å². The summed E-state index contributed by atoms with van der Waals surface area (Å²) in [5.74, 6) is -0.969. The topological polar surface area (TPSA) is 82.1 Å². The molecule has 0 radical (unpaired) electrons. The third-order valence-electron chi connectivity index (χ3n) is 4.30. The standard InChI is InChI=1S/C14H25N3O4/c1-2-5-16-6-8-17(9-7-16)13(20)15-14(12(18)19)3-10-21-11-4-14/h2-11H2,1H3,(H,15,20)(H,18,19). The molecule has 0 saturated carbocycles. The van der Waals surface area contributed by atoms with Crippen LogP contribution in [0.1, 0.15) is 26.2 Å². The van der Waals surface area contributed by atoms with Gasteiger partial charge in [0.05, 0.1) is 0 Å². The number of nitrogens with zero attached hydrogens (tertiary/aromatic N) is 2. The van der Waals surface area contributed by atoms with Gasteiger partial charge >= 0.3 is 12.0 Å². The Morgan fingerprint density at radius 3 is 2.33 bits per heavy atom. The number of nitrogens with one attached hydrogen (secondary N) is 1. The Morgan fingerprint density at radius 1 is 1.19 bits per heavy atom. The van der Waals surface area contributed by atoms with E-state index in [1.54, 1.807) is 4.90 Å². The summed E-state index contributed by atoms with van der Waals surface area (Å²) in [6, 6.07) is -0.268. The van der Waals surface area contributed by atoms with Gasteiger partial charge in [-0.3, -0.25) is 4.90 Å². The average molecular weight is 299 g/mol. The molecule has 2 amide bonds. The molecule has 0 aromatic rings. The van der Waals surface area contributed by atoms with Crippen LogP contribution >= 0.6 is 0 Å². The Morgan fingerprint density at radius 2 is 1.81 bits per heavy atom. The number of amides is 2. The van der Waals surface area contributed by atoms with Crippen LogP contribution in [-0.2, 0) is 9.53 Å². The SMILES string of the molecule is CCCN1CCN(C(=O)NC2(C(=O)O)CCOCC2)CC1. The third kappa shape index (κ3) is 3.85. The Kier molecular flexibility index (Phi) is 5.41. The molecule has 7 heteroatoms. The Labute approximate surface area is 125 Å². The van der Waals surface area contributed by atoms with Crippen molar-refractivity contribution in [2.75, 3.05) is 45.9 Å². The minimum atomic E-state index is -1.17. The first kappa shape index (κ1) is 16.0. The second-order valence-electron chi connectivity index (χ2n) is 5.76. The number of carboxylic acid groups (broad SMARTS) is 1. The number of urea groups is 1. The molecule has 2 rings (SSSR count). The third-order valence-corrected chi connectivity index (χ3v) is 4.30. The van der Waals surface area contributed by atoms with E-state index in [9.17, 15) is 14.7 Å². The first-order chi connectivity index (χ1) is 10.1. The van der Waals surface area contributed by atoms with E-state index in [0.29, 0.717) is 39.1 Å². The minimum absolute atomic E-state index is 0.268. The monoisotopic (exact) mass is 299 g/mol. The quantitative estimate of drug-likeness (QED) is 0.783. The minimum Gasteiger partial charge on any atom is -0.480 e. The summed E-state index contributed by atoms with van der Waals surface area (Å²) in [5.41, 5.74) is -1.17. The lowest BCUT2D eigenvalue weighted by Gasteiger charge is -2.39. The van der Waals surface area contributed by atoms with Gasteiger partial charge in [-0.15, -0.1) is 0 Å². The van der Waals surface area contributed by atoms with Crippen LogP contribution in [0.2, 0.25) is 0 Å². The van der Waals surface area contributed by atoms with Crippen LogP contribution in [0.3, 0.4) is 0 Å². The number of aliphatic carboxylic acids is 1. The second-order valence-corrected chi connectivity index (χ2v) is 5.76. The molecule has 2 aliphatic rings. The van der Waals surface area contributed by atoms with Crippen molar-refractivity contribution in [1.29, 1.82) is 0 Å². The molecule has 7 nitrogen and oxygen atoms in total. The predicted octanol–water partition coefficient (Wildman–Crippen LogP) is 0.357. The smallest absolute Gasteiger partial charge is 0.329 e. The maximum atomic E-state index is 12.3. The van der Waals surface area contributed by atoms with Gasteiger partial charge in [-0.25, -0.2) is 9.59 Å². The molecule has 0 bridgehead atoms. The van der Waals surface area contributed by atoms with Gasteiger partial charge in [0, 0.05) is 52.2 Å². The molecule has 0 unspecified atom stereocenters. The van der Waals surface area contributed by atoms with Gasteiger partial charge < -0.3 is 20.1 Å². The number of hydrogen-bond acceptors (Lipinski definition) is 4. The summed E-state index contributed by atoms with van der Waals surface area (Å²) in [4.78, 5) is 27.9. The number of piperazine rings is 1. The Bertz CT molecular complexity index is 374. The van der Waals surface area contributed by atoms with Gasteiger partial charge in [-0.1, -0.05) is 6.92 Å². The van der Waals surface area contributed by atoms with Crippen molar-refractivity contribution in [1.82, 2.24) is 15.1 Å². The van der Waals surface area contributed by atoms with Crippen LogP contribution in [0.5, 0.6) is 0 Å². The van der Waals surface area contributed by atoms with Gasteiger partial charge in [0.1, 0.15) is 5.54 Å². The average Bonchev–Trinajstić information content (AvgIpc) is 2.49. The van der Waals surface area contributed by atoms with Gasteiger partial charge in [-0.2, -0.15) is 0 Å². The second kappa shape index (κ2) is 7.09. The zero-order chi connectivity index (χ0) is 15.3. The van der Waals surface area contributed by atoms with E-state index in [1.807, 2.05) is 0 Å². The lowest BCUT2D eigenvalue weighted by Crippen LogP contribution is -2.62. The van der Waals surface area contributed by atoms with Crippen LogP contribution in [0.15, 0.2) is 0 Å². The normalized spacial score (nSPS) is 22.8. The molecule has 0 spiro atoms. The fourth-order valence-electron chi connectivity index (χ4n) is 2.89. The highest BCUT2D eigenvalue weighted by Crippen LogP contribution is 2.21. The van der Waals surface area contributed by atoms with Crippen LogP contribution < -0.4 is 5.32 Å². The van der Waals surface area contributed by atoms with Crippen molar-refractivity contribution in [3.63, 3.8) is 0 Å². The van der Waals surface area contributed by atoms with Crippen molar-refractivity contribution >= 4 is 12.0 Å². The number of carbonyl (C=O) groups is 2. The first-order valence-electron chi connectivity index (χ1n) is 7.68. The lowest BCUT2D eigenvalue weighted by atomic mass is 9.90. The van der Waals surface area contributed by atoms with Crippen molar-refractivity contribution in [2.45, 2.75) is 31.7 Å². The molecule has 0 aromatic carbocycles. The fourth-order valence-corrected chi connectivity index (χ4v) is 2.89. The molecule has 2 heterocycles. The summed E-state index contributed by atoms with van der Waals surface area (Å²) in [5, 5.41) is 12.2.